The largest absolute Gasteiger partial charge is 0.466 e. The Morgan fingerprint density at radius 3 is 2.36 bits per heavy atom. The Kier molecular flexibility index (Phi) is 7.12. The van der Waals surface area contributed by atoms with Gasteiger partial charge >= 0.3 is 5.97 Å². The van der Waals surface area contributed by atoms with Gasteiger partial charge in [-0.25, -0.2) is 0 Å². The van der Waals surface area contributed by atoms with Crippen LogP contribution in [0.1, 0.15) is 13.3 Å². The molecule has 5 nitrogen and oxygen atoms in total. The molecule has 0 saturated heterocycles. The third-order valence-electron chi connectivity index (χ3n) is 1.53. The molecule has 0 aliphatic carbocycles. The molecule has 0 aliphatic rings. The summed E-state index contributed by atoms with van der Waals surface area (Å²) >= 11 is 0. The summed E-state index contributed by atoms with van der Waals surface area (Å²) in [5.41, 5.74) is 0. The minimum absolute atomic E-state index is 0.160. The lowest BCUT2D eigenvalue weighted by molar-refractivity contribution is -0.143. The molecule has 0 atom stereocenters. The minimum Gasteiger partial charge on any atom is -0.466 e. The van der Waals surface area contributed by atoms with Crippen LogP contribution in [0.2, 0.25) is 0 Å². The number of hydrogen-bond acceptors (Lipinski definition) is 5. The molecule has 0 aromatic heterocycles. The molecule has 0 radical (unpaired) electrons. The average Bonchev–Trinajstić information content (AvgIpc) is 2.15. The Balaban J connectivity index is 3.77. The van der Waals surface area contributed by atoms with Crippen LogP contribution in [0.3, 0.4) is 0 Å². The van der Waals surface area contributed by atoms with Gasteiger partial charge in [-0.2, -0.15) is 10.5 Å². The predicted molar refractivity (Wildman–Crippen MR) is 48.9 cm³/mol. The molecule has 0 aromatic rings. The molecule has 0 bridgehead atoms. The van der Waals surface area contributed by atoms with E-state index in [1.807, 2.05) is 12.1 Å². The molecule has 14 heavy (non-hydrogen) atoms. The molecule has 0 heterocycles. The fourth-order valence-corrected chi connectivity index (χ4v) is 0.897. The number of carbonyl (C=O) groups excluding carboxylic acids is 1. The normalized spacial score (nSPS) is 9.14. The van der Waals surface area contributed by atoms with Gasteiger partial charge in [0.2, 0.25) is 0 Å². The van der Waals surface area contributed by atoms with E-state index < -0.39 is 0 Å². The van der Waals surface area contributed by atoms with Gasteiger partial charge in [0.1, 0.15) is 0 Å². The van der Waals surface area contributed by atoms with Crippen LogP contribution in [-0.4, -0.2) is 37.1 Å². The lowest BCUT2D eigenvalue weighted by Gasteiger charge is -2.13. The van der Waals surface area contributed by atoms with Crippen molar-refractivity contribution in [3.63, 3.8) is 0 Å². The number of hydrogen-bond donors (Lipinski definition) is 0. The molecule has 0 aliphatic heterocycles. The SMILES string of the molecule is CCOC(=O)CCN(CC#N)CC#N. The summed E-state index contributed by atoms with van der Waals surface area (Å²) in [4.78, 5) is 12.5. The van der Waals surface area contributed by atoms with Crippen LogP contribution in [0, 0.1) is 22.7 Å². The van der Waals surface area contributed by atoms with Gasteiger partial charge < -0.3 is 4.74 Å². The van der Waals surface area contributed by atoms with E-state index in [-0.39, 0.29) is 25.5 Å². The molecule has 0 fully saturated rings. The van der Waals surface area contributed by atoms with Crippen LogP contribution >= 0.6 is 0 Å². The van der Waals surface area contributed by atoms with Crippen LogP contribution in [0.4, 0.5) is 0 Å². The van der Waals surface area contributed by atoms with Crippen molar-refractivity contribution in [2.75, 3.05) is 26.2 Å². The highest BCUT2D eigenvalue weighted by Crippen LogP contribution is 1.92. The number of ether oxygens (including phenoxy) is 1. The summed E-state index contributed by atoms with van der Waals surface area (Å²) in [6.07, 6.45) is 0.219. The summed E-state index contributed by atoms with van der Waals surface area (Å²) in [5.74, 6) is -0.298. The van der Waals surface area contributed by atoms with E-state index >= 15 is 0 Å². The zero-order chi connectivity index (χ0) is 10.8. The highest BCUT2D eigenvalue weighted by Gasteiger charge is 2.07. The van der Waals surface area contributed by atoms with E-state index in [0.29, 0.717) is 13.2 Å². The fourth-order valence-electron chi connectivity index (χ4n) is 0.897. The predicted octanol–water partition coefficient (Wildman–Crippen LogP) is 0.289. The highest BCUT2D eigenvalue weighted by molar-refractivity contribution is 5.69. The lowest BCUT2D eigenvalue weighted by atomic mass is 10.3. The van der Waals surface area contributed by atoms with Crippen molar-refractivity contribution in [3.8, 4) is 12.1 Å². The summed E-state index contributed by atoms with van der Waals surface area (Å²) < 4.78 is 4.72. The van der Waals surface area contributed by atoms with Crippen molar-refractivity contribution in [1.29, 1.82) is 10.5 Å². The van der Waals surface area contributed by atoms with Crippen LogP contribution in [0.15, 0.2) is 0 Å². The van der Waals surface area contributed by atoms with E-state index in [9.17, 15) is 4.79 Å². The second kappa shape index (κ2) is 8.03. The standard InChI is InChI=1S/C9H13N3O2/c1-2-14-9(13)3-6-12(7-4-10)8-5-11/h2-3,6-8H2,1H3. The summed E-state index contributed by atoms with van der Waals surface area (Å²) in [7, 11) is 0. The zero-order valence-electron chi connectivity index (χ0n) is 8.19. The molecule has 5 heteroatoms. The van der Waals surface area contributed by atoms with Gasteiger partial charge in [-0.15, -0.1) is 0 Å². The molecular weight excluding hydrogens is 182 g/mol. The Labute approximate surface area is 83.5 Å². The summed E-state index contributed by atoms with van der Waals surface area (Å²) in [6, 6.07) is 3.86. The Morgan fingerprint density at radius 1 is 1.36 bits per heavy atom. The molecule has 0 aromatic carbocycles. The van der Waals surface area contributed by atoms with Crippen molar-refractivity contribution in [2.24, 2.45) is 0 Å². The Hall–Kier alpha value is -1.59. The van der Waals surface area contributed by atoms with Crippen molar-refractivity contribution >= 4 is 5.97 Å². The highest BCUT2D eigenvalue weighted by atomic mass is 16.5. The van der Waals surface area contributed by atoms with Gasteiger partial charge in [0.15, 0.2) is 0 Å². The third kappa shape index (κ3) is 5.99. The number of carbonyl (C=O) groups is 1. The topological polar surface area (TPSA) is 77.1 Å². The molecule has 76 valence electrons. The first-order valence-corrected chi connectivity index (χ1v) is 4.36. The smallest absolute Gasteiger partial charge is 0.307 e. The van der Waals surface area contributed by atoms with Gasteiger partial charge in [-0.1, -0.05) is 0 Å². The summed E-state index contributed by atoms with van der Waals surface area (Å²) in [5, 5.41) is 16.8. The van der Waals surface area contributed by atoms with Crippen LogP contribution in [0.5, 0.6) is 0 Å². The monoisotopic (exact) mass is 195 g/mol. The molecule has 0 spiro atoms. The summed E-state index contributed by atoms with van der Waals surface area (Å²) in [6.45, 7) is 2.80. The molecule has 0 saturated carbocycles. The van der Waals surface area contributed by atoms with Crippen LogP contribution < -0.4 is 0 Å². The maximum Gasteiger partial charge on any atom is 0.307 e. The molecular formula is C9H13N3O2. The van der Waals surface area contributed by atoms with E-state index in [1.165, 1.54) is 0 Å². The van der Waals surface area contributed by atoms with E-state index in [4.69, 9.17) is 15.3 Å². The molecule has 0 amide bonds. The van der Waals surface area contributed by atoms with E-state index in [2.05, 4.69) is 0 Å². The maximum absolute atomic E-state index is 10.9. The number of nitrogens with zero attached hydrogens (tertiary/aromatic N) is 3. The number of nitriles is 2. The average molecular weight is 195 g/mol. The first-order valence-electron chi connectivity index (χ1n) is 4.36. The van der Waals surface area contributed by atoms with Gasteiger partial charge in [0.05, 0.1) is 38.3 Å². The van der Waals surface area contributed by atoms with Gasteiger partial charge in [0.25, 0.3) is 0 Å². The second-order valence-corrected chi connectivity index (χ2v) is 2.58. The lowest BCUT2D eigenvalue weighted by Crippen LogP contribution is -2.27. The fraction of sp³-hybridized carbons (Fsp3) is 0.667. The first-order chi connectivity index (χ1) is 6.74. The van der Waals surface area contributed by atoms with Crippen LogP contribution in [0.25, 0.3) is 0 Å². The van der Waals surface area contributed by atoms with Crippen LogP contribution in [-0.2, 0) is 9.53 Å². The molecule has 0 unspecified atom stereocenters. The van der Waals surface area contributed by atoms with E-state index in [0.717, 1.165) is 0 Å². The van der Waals surface area contributed by atoms with Crippen molar-refractivity contribution in [2.45, 2.75) is 13.3 Å². The maximum atomic E-state index is 10.9. The third-order valence-corrected chi connectivity index (χ3v) is 1.53. The zero-order valence-corrected chi connectivity index (χ0v) is 8.19. The Bertz CT molecular complexity index is 236. The molecule has 0 rings (SSSR count). The van der Waals surface area contributed by atoms with Crippen molar-refractivity contribution in [1.82, 2.24) is 4.90 Å². The number of esters is 1. The quantitative estimate of drug-likeness (QED) is 0.449. The number of rotatable bonds is 6. The van der Waals surface area contributed by atoms with Crippen molar-refractivity contribution in [3.05, 3.63) is 0 Å². The second-order valence-electron chi connectivity index (χ2n) is 2.58. The van der Waals surface area contributed by atoms with Crippen molar-refractivity contribution < 1.29 is 9.53 Å². The first kappa shape index (κ1) is 12.4. The van der Waals surface area contributed by atoms with Gasteiger partial charge in [-0.3, -0.25) is 9.69 Å². The van der Waals surface area contributed by atoms with E-state index in [1.54, 1.807) is 11.8 Å². The Morgan fingerprint density at radius 2 is 1.93 bits per heavy atom. The minimum atomic E-state index is -0.298. The van der Waals surface area contributed by atoms with Gasteiger partial charge in [0, 0.05) is 6.54 Å². The molecule has 0 N–H and O–H groups in total. The van der Waals surface area contributed by atoms with Gasteiger partial charge in [-0.05, 0) is 6.92 Å².